The summed E-state index contributed by atoms with van der Waals surface area (Å²) < 4.78 is 31.2. The van der Waals surface area contributed by atoms with Gasteiger partial charge < -0.3 is 0 Å². The lowest BCUT2D eigenvalue weighted by Gasteiger charge is -2.12. The number of anilines is 1. The molecule has 1 N–H and O–H groups in total. The monoisotopic (exact) mass is 456 g/mol. The largest absolute Gasteiger partial charge is 0.308 e. The molecule has 8 heteroatoms. The second-order valence-corrected chi connectivity index (χ2v) is 10.5. The van der Waals surface area contributed by atoms with Gasteiger partial charge in [-0.25, -0.2) is 8.42 Å². The van der Waals surface area contributed by atoms with Gasteiger partial charge in [-0.1, -0.05) is 60.4 Å². The predicted molar refractivity (Wildman–Crippen MR) is 124 cm³/mol. The molecule has 5 nitrogen and oxygen atoms in total. The van der Waals surface area contributed by atoms with Crippen molar-refractivity contribution in [2.45, 2.75) is 34.6 Å². The number of nitrogens with one attached hydrogen (secondary N) is 1. The fourth-order valence-corrected chi connectivity index (χ4v) is 6.23. The lowest BCUT2D eigenvalue weighted by atomic mass is 10.3. The number of aromatic nitrogens is 1. The zero-order chi connectivity index (χ0) is 21.1. The molecule has 154 valence electrons. The summed E-state index contributed by atoms with van der Waals surface area (Å²) in [5.74, 6) is 0. The summed E-state index contributed by atoms with van der Waals surface area (Å²) in [5, 5.41) is 0. The van der Waals surface area contributed by atoms with Gasteiger partial charge >= 0.3 is 4.87 Å². The van der Waals surface area contributed by atoms with E-state index in [2.05, 4.69) is 4.72 Å². The van der Waals surface area contributed by atoms with Gasteiger partial charge in [-0.2, -0.15) is 0 Å². The molecule has 0 radical (unpaired) electrons. The van der Waals surface area contributed by atoms with E-state index in [4.69, 9.17) is 0 Å². The number of hydrogen-bond donors (Lipinski definition) is 1. The Hall–Kier alpha value is -2.55. The maximum absolute atomic E-state index is 13.1. The van der Waals surface area contributed by atoms with Gasteiger partial charge in [-0.05, 0) is 48.9 Å². The number of nitrogens with zero attached hydrogens (tertiary/aromatic N) is 1. The average Bonchev–Trinajstić information content (AvgIpc) is 3.05. The fraction of sp³-hybridized carbons (Fsp3) is 0.136. The van der Waals surface area contributed by atoms with Crippen LogP contribution in [0.1, 0.15) is 13.3 Å². The molecule has 30 heavy (non-hydrogen) atoms. The highest BCUT2D eigenvalue weighted by Crippen LogP contribution is 2.34. The van der Waals surface area contributed by atoms with E-state index >= 15 is 0 Å². The van der Waals surface area contributed by atoms with Crippen molar-refractivity contribution in [3.05, 3.63) is 82.5 Å². The van der Waals surface area contributed by atoms with E-state index in [-0.39, 0.29) is 9.77 Å². The van der Waals surface area contributed by atoms with E-state index in [1.165, 1.54) is 11.8 Å². The average molecular weight is 457 g/mol. The number of benzene rings is 3. The van der Waals surface area contributed by atoms with E-state index in [1.54, 1.807) is 34.9 Å². The quantitative estimate of drug-likeness (QED) is 0.403. The van der Waals surface area contributed by atoms with Crippen molar-refractivity contribution in [3.63, 3.8) is 0 Å². The SMILES string of the molecule is CCCn1c(=O)sc2cc(S(=O)(=O)Nc3ccccc3Sc3ccccc3)ccc21. The van der Waals surface area contributed by atoms with E-state index in [9.17, 15) is 13.2 Å². The van der Waals surface area contributed by atoms with Crippen LogP contribution in [0, 0.1) is 0 Å². The van der Waals surface area contributed by atoms with E-state index in [0.717, 1.165) is 33.1 Å². The summed E-state index contributed by atoms with van der Waals surface area (Å²) in [4.78, 5) is 14.1. The molecule has 0 saturated carbocycles. The summed E-state index contributed by atoms with van der Waals surface area (Å²) in [7, 11) is -3.80. The van der Waals surface area contributed by atoms with Gasteiger partial charge in [-0.3, -0.25) is 14.1 Å². The minimum atomic E-state index is -3.80. The van der Waals surface area contributed by atoms with Gasteiger partial charge in [0.1, 0.15) is 0 Å². The van der Waals surface area contributed by atoms with Crippen LogP contribution in [0.3, 0.4) is 0 Å². The van der Waals surface area contributed by atoms with Crippen LogP contribution < -0.4 is 9.60 Å². The molecule has 0 aliphatic rings. The molecule has 4 rings (SSSR count). The van der Waals surface area contributed by atoms with Gasteiger partial charge in [0.15, 0.2) is 0 Å². The molecule has 0 saturated heterocycles. The molecule has 0 amide bonds. The molecule has 0 bridgehead atoms. The van der Waals surface area contributed by atoms with Crippen LogP contribution in [0.5, 0.6) is 0 Å². The third kappa shape index (κ3) is 4.30. The van der Waals surface area contributed by atoms with Crippen molar-refractivity contribution in [1.82, 2.24) is 4.57 Å². The first-order valence-corrected chi connectivity index (χ1v) is 12.6. The van der Waals surface area contributed by atoms with Crippen LogP contribution >= 0.6 is 23.1 Å². The topological polar surface area (TPSA) is 68.2 Å². The van der Waals surface area contributed by atoms with Gasteiger partial charge in [0.2, 0.25) is 0 Å². The first-order valence-electron chi connectivity index (χ1n) is 9.46. The Kier molecular flexibility index (Phi) is 5.99. The van der Waals surface area contributed by atoms with Crippen molar-refractivity contribution in [2.75, 3.05) is 4.72 Å². The van der Waals surface area contributed by atoms with Crippen molar-refractivity contribution in [3.8, 4) is 0 Å². The Labute approximate surface area is 183 Å². The first-order chi connectivity index (χ1) is 14.5. The first kappa shape index (κ1) is 20.7. The molecule has 1 aromatic heterocycles. The zero-order valence-corrected chi connectivity index (χ0v) is 18.7. The number of sulfonamides is 1. The molecule has 0 aliphatic heterocycles. The van der Waals surface area contributed by atoms with Gasteiger partial charge in [0.05, 0.1) is 20.8 Å². The van der Waals surface area contributed by atoms with Crippen LogP contribution in [0.2, 0.25) is 0 Å². The molecule has 0 aliphatic carbocycles. The standard InChI is InChI=1S/C22H20N2O3S3/c1-2-14-24-19-13-12-17(15-21(19)29-22(24)25)30(26,27)23-18-10-6-7-11-20(18)28-16-8-4-3-5-9-16/h3-13,15,23H,2,14H2,1H3. The normalized spacial score (nSPS) is 11.6. The number of aryl methyl sites for hydroxylation is 1. The second kappa shape index (κ2) is 8.67. The van der Waals surface area contributed by atoms with Crippen LogP contribution in [0.4, 0.5) is 5.69 Å². The third-order valence-electron chi connectivity index (χ3n) is 4.50. The highest BCUT2D eigenvalue weighted by molar-refractivity contribution is 7.99. The summed E-state index contributed by atoms with van der Waals surface area (Å²) >= 11 is 2.57. The number of thiazole rings is 1. The molecule has 1 heterocycles. The third-order valence-corrected chi connectivity index (χ3v) is 7.89. The Morgan fingerprint density at radius 1 is 1.00 bits per heavy atom. The van der Waals surface area contributed by atoms with Gasteiger partial charge in [0, 0.05) is 16.3 Å². The van der Waals surface area contributed by atoms with Gasteiger partial charge in [-0.15, -0.1) is 0 Å². The molecular weight excluding hydrogens is 436 g/mol. The maximum Gasteiger partial charge on any atom is 0.308 e. The smallest absolute Gasteiger partial charge is 0.299 e. The number of fused-ring (bicyclic) bond motifs is 1. The second-order valence-electron chi connectivity index (χ2n) is 6.67. The molecule has 3 aromatic carbocycles. The minimum Gasteiger partial charge on any atom is -0.299 e. The lowest BCUT2D eigenvalue weighted by molar-refractivity contribution is 0.601. The number of para-hydroxylation sites is 1. The highest BCUT2D eigenvalue weighted by Gasteiger charge is 2.18. The molecule has 4 aromatic rings. The molecule has 0 unspecified atom stereocenters. The van der Waals surface area contributed by atoms with Crippen molar-refractivity contribution < 1.29 is 8.42 Å². The number of hydrogen-bond acceptors (Lipinski definition) is 5. The van der Waals surface area contributed by atoms with Crippen LogP contribution in [-0.4, -0.2) is 13.0 Å². The Bertz CT molecular complexity index is 1340. The summed E-state index contributed by atoms with van der Waals surface area (Å²) in [5.41, 5.74) is 1.29. The van der Waals surface area contributed by atoms with Crippen LogP contribution in [-0.2, 0) is 16.6 Å². The van der Waals surface area contributed by atoms with Crippen molar-refractivity contribution in [1.29, 1.82) is 0 Å². The van der Waals surface area contributed by atoms with Crippen LogP contribution in [0.15, 0.2) is 92.3 Å². The fourth-order valence-electron chi connectivity index (χ4n) is 3.11. The van der Waals surface area contributed by atoms with E-state index in [0.29, 0.717) is 16.9 Å². The predicted octanol–water partition coefficient (Wildman–Crippen LogP) is 5.43. The number of rotatable bonds is 7. The van der Waals surface area contributed by atoms with E-state index < -0.39 is 10.0 Å². The van der Waals surface area contributed by atoms with Crippen LogP contribution in [0.25, 0.3) is 10.2 Å². The van der Waals surface area contributed by atoms with Gasteiger partial charge in [0.25, 0.3) is 10.0 Å². The maximum atomic E-state index is 13.1. The Balaban J connectivity index is 1.66. The summed E-state index contributed by atoms with van der Waals surface area (Å²) in [6.45, 7) is 2.62. The van der Waals surface area contributed by atoms with Crippen molar-refractivity contribution in [2.24, 2.45) is 0 Å². The highest BCUT2D eigenvalue weighted by atomic mass is 32.2. The molecule has 0 spiro atoms. The van der Waals surface area contributed by atoms with Crippen molar-refractivity contribution >= 4 is 49.0 Å². The molecule has 0 atom stereocenters. The zero-order valence-electron chi connectivity index (χ0n) is 16.2. The minimum absolute atomic E-state index is 0.0704. The Morgan fingerprint density at radius 2 is 1.73 bits per heavy atom. The molecular formula is C22H20N2O3S3. The summed E-state index contributed by atoms with van der Waals surface area (Å²) in [6, 6.07) is 21.9. The summed E-state index contributed by atoms with van der Waals surface area (Å²) in [6.07, 6.45) is 0.837. The lowest BCUT2D eigenvalue weighted by Crippen LogP contribution is -2.14. The Morgan fingerprint density at radius 3 is 2.50 bits per heavy atom. The molecule has 0 fully saturated rings. The van der Waals surface area contributed by atoms with E-state index in [1.807, 2.05) is 49.4 Å².